The van der Waals surface area contributed by atoms with Crippen molar-refractivity contribution in [3.8, 4) is 0 Å². The highest BCUT2D eigenvalue weighted by atomic mass is 16.5. The predicted octanol–water partition coefficient (Wildman–Crippen LogP) is 3.19. The Balaban J connectivity index is 1.36. The van der Waals surface area contributed by atoms with Crippen molar-refractivity contribution in [3.05, 3.63) is 53.7 Å². The van der Waals surface area contributed by atoms with Gasteiger partial charge in [0.2, 0.25) is 0 Å². The number of aryl methyl sites for hydroxylation is 1. The summed E-state index contributed by atoms with van der Waals surface area (Å²) in [6.45, 7) is 5.30. The van der Waals surface area contributed by atoms with Crippen LogP contribution in [0.25, 0.3) is 0 Å². The van der Waals surface area contributed by atoms with E-state index in [9.17, 15) is 0 Å². The zero-order chi connectivity index (χ0) is 17.1. The molecule has 2 aromatic heterocycles. The molecule has 5 heteroatoms. The van der Waals surface area contributed by atoms with Gasteiger partial charge in [0.1, 0.15) is 11.5 Å². The van der Waals surface area contributed by atoms with Crippen LogP contribution in [0.3, 0.4) is 0 Å². The number of hydrogen-bond acceptors (Lipinski definition) is 5. The number of fused-ring (bicyclic) bond motifs is 1. The number of ether oxygens (including phenoxy) is 2. The first-order chi connectivity index (χ1) is 12.3. The van der Waals surface area contributed by atoms with Crippen molar-refractivity contribution in [2.24, 2.45) is 0 Å². The molecule has 1 saturated heterocycles. The van der Waals surface area contributed by atoms with Crippen LogP contribution in [0, 0.1) is 0 Å². The highest BCUT2D eigenvalue weighted by Gasteiger charge is 2.43. The van der Waals surface area contributed by atoms with Crippen LogP contribution < -0.4 is 0 Å². The summed E-state index contributed by atoms with van der Waals surface area (Å²) >= 11 is 0. The molecular formula is C20H26N2O3. The molecule has 0 bridgehead atoms. The van der Waals surface area contributed by atoms with E-state index in [0.29, 0.717) is 12.6 Å². The molecule has 1 aliphatic heterocycles. The standard InChI is InChI=1S/C20H26N2O3/c1-2-16-5-6-17(25-16)13-22-10-11-23-20-18(22)7-8-19(20)24-14-15-4-3-9-21-12-15/h3-6,9,12,18-20H,2,7-8,10-11,13-14H2,1H3/t18-,19-,20+/m0/s1. The molecule has 5 nitrogen and oxygen atoms in total. The van der Waals surface area contributed by atoms with Gasteiger partial charge in [0.15, 0.2) is 0 Å². The molecule has 3 atom stereocenters. The molecule has 0 N–H and O–H groups in total. The van der Waals surface area contributed by atoms with E-state index in [4.69, 9.17) is 13.9 Å². The quantitative estimate of drug-likeness (QED) is 0.807. The first-order valence-corrected chi connectivity index (χ1v) is 9.27. The zero-order valence-electron chi connectivity index (χ0n) is 14.8. The van der Waals surface area contributed by atoms with Gasteiger partial charge in [0.05, 0.1) is 32.0 Å². The van der Waals surface area contributed by atoms with Crippen LogP contribution in [-0.2, 0) is 29.0 Å². The molecule has 4 rings (SSSR count). The second-order valence-corrected chi connectivity index (χ2v) is 6.88. The number of furan rings is 1. The SMILES string of the molecule is CCc1ccc(CN2CCO[C@H]3[C@@H](OCc4cccnc4)CC[C@@H]32)o1. The molecule has 2 fully saturated rings. The third-order valence-corrected chi connectivity index (χ3v) is 5.26. The molecule has 134 valence electrons. The number of aromatic nitrogens is 1. The lowest BCUT2D eigenvalue weighted by molar-refractivity contribution is -0.119. The summed E-state index contributed by atoms with van der Waals surface area (Å²) in [5.74, 6) is 2.11. The Hall–Kier alpha value is -1.69. The van der Waals surface area contributed by atoms with Gasteiger partial charge >= 0.3 is 0 Å². The van der Waals surface area contributed by atoms with Crippen molar-refractivity contribution < 1.29 is 13.9 Å². The third-order valence-electron chi connectivity index (χ3n) is 5.26. The van der Waals surface area contributed by atoms with E-state index >= 15 is 0 Å². The lowest BCUT2D eigenvalue weighted by Gasteiger charge is -2.38. The van der Waals surface area contributed by atoms with Crippen LogP contribution in [-0.4, -0.2) is 41.3 Å². The minimum Gasteiger partial charge on any atom is -0.465 e. The second kappa shape index (κ2) is 7.68. The molecule has 2 aromatic rings. The monoisotopic (exact) mass is 342 g/mol. The first kappa shape index (κ1) is 16.8. The average molecular weight is 342 g/mol. The largest absolute Gasteiger partial charge is 0.465 e. The van der Waals surface area contributed by atoms with Gasteiger partial charge in [0, 0.05) is 31.4 Å². The van der Waals surface area contributed by atoms with Crippen molar-refractivity contribution in [2.45, 2.75) is 57.6 Å². The van der Waals surface area contributed by atoms with Crippen molar-refractivity contribution in [1.29, 1.82) is 0 Å². The van der Waals surface area contributed by atoms with Gasteiger partial charge in [-0.2, -0.15) is 0 Å². The summed E-state index contributed by atoms with van der Waals surface area (Å²) < 4.78 is 18.1. The average Bonchev–Trinajstić information content (AvgIpc) is 3.28. The molecule has 0 radical (unpaired) electrons. The molecular weight excluding hydrogens is 316 g/mol. The van der Waals surface area contributed by atoms with Crippen LogP contribution in [0.1, 0.15) is 36.8 Å². The Morgan fingerprint density at radius 3 is 2.96 bits per heavy atom. The fourth-order valence-electron chi connectivity index (χ4n) is 3.95. The van der Waals surface area contributed by atoms with E-state index in [-0.39, 0.29) is 12.2 Å². The summed E-state index contributed by atoms with van der Waals surface area (Å²) in [4.78, 5) is 6.65. The Labute approximate surface area is 148 Å². The van der Waals surface area contributed by atoms with Crippen molar-refractivity contribution in [1.82, 2.24) is 9.88 Å². The minimum absolute atomic E-state index is 0.158. The normalized spacial score (nSPS) is 26.7. The summed E-state index contributed by atoms with van der Waals surface area (Å²) in [6.07, 6.45) is 7.08. The maximum absolute atomic E-state index is 6.16. The fraction of sp³-hybridized carbons (Fsp3) is 0.550. The summed E-state index contributed by atoms with van der Waals surface area (Å²) in [6, 6.07) is 8.61. The van der Waals surface area contributed by atoms with Gasteiger partial charge in [0.25, 0.3) is 0 Å². The van der Waals surface area contributed by atoms with E-state index in [1.165, 1.54) is 0 Å². The number of hydrogen-bond donors (Lipinski definition) is 0. The highest BCUT2D eigenvalue weighted by molar-refractivity contribution is 5.09. The van der Waals surface area contributed by atoms with E-state index in [0.717, 1.165) is 56.0 Å². The maximum atomic E-state index is 6.16. The molecule has 3 heterocycles. The first-order valence-electron chi connectivity index (χ1n) is 9.27. The molecule has 0 unspecified atom stereocenters. The third kappa shape index (κ3) is 3.78. The molecule has 2 aliphatic rings. The minimum atomic E-state index is 0.158. The summed E-state index contributed by atoms with van der Waals surface area (Å²) in [7, 11) is 0. The van der Waals surface area contributed by atoms with Crippen LogP contribution in [0.4, 0.5) is 0 Å². The summed E-state index contributed by atoms with van der Waals surface area (Å²) in [5, 5.41) is 0. The number of pyridine rings is 1. The lowest BCUT2D eigenvalue weighted by Crippen LogP contribution is -2.51. The molecule has 0 aromatic carbocycles. The lowest BCUT2D eigenvalue weighted by atomic mass is 10.1. The van der Waals surface area contributed by atoms with Gasteiger partial charge in [-0.1, -0.05) is 13.0 Å². The van der Waals surface area contributed by atoms with Crippen molar-refractivity contribution in [2.75, 3.05) is 13.2 Å². The number of morpholine rings is 1. The fourth-order valence-corrected chi connectivity index (χ4v) is 3.95. The van der Waals surface area contributed by atoms with Gasteiger partial charge in [-0.15, -0.1) is 0 Å². The Kier molecular flexibility index (Phi) is 5.15. The highest BCUT2D eigenvalue weighted by Crippen LogP contribution is 2.33. The molecule has 0 amide bonds. The van der Waals surface area contributed by atoms with Gasteiger partial charge in [-0.05, 0) is 36.6 Å². The Morgan fingerprint density at radius 2 is 2.16 bits per heavy atom. The number of nitrogens with zero attached hydrogens (tertiary/aromatic N) is 2. The van der Waals surface area contributed by atoms with Crippen molar-refractivity contribution >= 4 is 0 Å². The van der Waals surface area contributed by atoms with E-state index in [1.807, 2.05) is 12.3 Å². The van der Waals surface area contributed by atoms with Crippen LogP contribution in [0.5, 0.6) is 0 Å². The Morgan fingerprint density at radius 1 is 1.24 bits per heavy atom. The van der Waals surface area contributed by atoms with E-state index in [2.05, 4.69) is 35.0 Å². The number of rotatable bonds is 6. The van der Waals surface area contributed by atoms with Gasteiger partial charge in [-0.25, -0.2) is 0 Å². The van der Waals surface area contributed by atoms with Gasteiger partial charge < -0.3 is 13.9 Å². The van der Waals surface area contributed by atoms with Crippen LogP contribution >= 0.6 is 0 Å². The molecule has 1 aliphatic carbocycles. The van der Waals surface area contributed by atoms with Crippen LogP contribution in [0.2, 0.25) is 0 Å². The van der Waals surface area contributed by atoms with Gasteiger partial charge in [-0.3, -0.25) is 9.88 Å². The Bertz CT molecular complexity index is 673. The molecule has 25 heavy (non-hydrogen) atoms. The van der Waals surface area contributed by atoms with E-state index in [1.54, 1.807) is 6.20 Å². The van der Waals surface area contributed by atoms with Crippen LogP contribution in [0.15, 0.2) is 41.1 Å². The molecule has 1 saturated carbocycles. The molecule has 0 spiro atoms. The predicted molar refractivity (Wildman–Crippen MR) is 94.1 cm³/mol. The zero-order valence-corrected chi connectivity index (χ0v) is 14.8. The topological polar surface area (TPSA) is 47.7 Å². The van der Waals surface area contributed by atoms with Crippen molar-refractivity contribution in [3.63, 3.8) is 0 Å². The smallest absolute Gasteiger partial charge is 0.118 e. The summed E-state index contributed by atoms with van der Waals surface area (Å²) in [5.41, 5.74) is 1.11. The maximum Gasteiger partial charge on any atom is 0.118 e. The second-order valence-electron chi connectivity index (χ2n) is 6.88. The van der Waals surface area contributed by atoms with E-state index < -0.39 is 0 Å².